The van der Waals surface area contributed by atoms with Crippen molar-refractivity contribution in [2.75, 3.05) is 43.5 Å². The monoisotopic (exact) mass is 1200 g/mol. The average molecular weight is 1200 g/mol. The van der Waals surface area contributed by atoms with Crippen molar-refractivity contribution in [1.82, 2.24) is 40.5 Å². The molecule has 4 aliphatic heterocycles. The van der Waals surface area contributed by atoms with Gasteiger partial charge in [0, 0.05) is 85.0 Å². The Hall–Kier alpha value is -8.44. The van der Waals surface area contributed by atoms with Crippen molar-refractivity contribution in [3.05, 3.63) is 131 Å². The number of ether oxygens (including phenoxy) is 3. The van der Waals surface area contributed by atoms with E-state index in [0.29, 0.717) is 73.7 Å². The van der Waals surface area contributed by atoms with Gasteiger partial charge in [0.25, 0.3) is 0 Å². The van der Waals surface area contributed by atoms with Gasteiger partial charge in [-0.1, -0.05) is 73.7 Å². The zero-order valence-corrected chi connectivity index (χ0v) is 47.3. The number of hydrogen-bond donors (Lipinski definition) is 4. The highest BCUT2D eigenvalue weighted by atomic mass is 32.1. The van der Waals surface area contributed by atoms with Crippen LogP contribution in [-0.4, -0.2) is 110 Å². The number of aliphatic hydroxyl groups excluding tert-OH is 1. The average Bonchev–Trinajstić information content (AvgIpc) is 1.26. The number of nitrogen functional groups attached to an aromatic ring is 1. The number of β-amino-alcohol motifs (C(OH)–C–C–N with tert-alkyl or cyclic N) is 1. The molecule has 5 aromatic carbocycles. The third-order valence-electron chi connectivity index (χ3n) is 16.4. The molecule has 4 saturated heterocycles. The van der Waals surface area contributed by atoms with Crippen molar-refractivity contribution in [2.45, 2.75) is 102 Å². The lowest BCUT2D eigenvalue weighted by atomic mass is 9.92. The van der Waals surface area contributed by atoms with E-state index >= 15 is 17.6 Å². The van der Waals surface area contributed by atoms with E-state index in [0.717, 1.165) is 29.9 Å². The SMILES string of the molecule is CC(C)[C@@H](C(=O)N1C[C@H](O)C[C@H]1C(=O)N[C@@H](C)c1ccc(-c2c(F)cc(F)cc2F)cc1)n1cc(-c2ccc(COc3c(-c4ccc(F)c5sc(N)c(C#N)c45)c(C(F)(F)F)cc4c(N5C[C@@H]6C[C@H]5CN6)nc(OC5CCOCC5)nc34)cc2)nn1. The van der Waals surface area contributed by atoms with E-state index < -0.39 is 88.1 Å². The van der Waals surface area contributed by atoms with Crippen molar-refractivity contribution in [3.8, 4) is 51.3 Å². The Kier molecular flexibility index (Phi) is 15.6. The Morgan fingerprint density at radius 1 is 0.930 bits per heavy atom. The van der Waals surface area contributed by atoms with Gasteiger partial charge in [-0.15, -0.1) is 16.4 Å². The Morgan fingerprint density at radius 3 is 2.31 bits per heavy atom. The van der Waals surface area contributed by atoms with Crippen LogP contribution in [0.2, 0.25) is 0 Å². The number of fused-ring (bicyclic) bond motifs is 4. The molecule has 0 saturated carbocycles. The van der Waals surface area contributed by atoms with Gasteiger partial charge >= 0.3 is 12.2 Å². The molecular formula is C61H56F7N11O6S. The van der Waals surface area contributed by atoms with Gasteiger partial charge in [0.2, 0.25) is 11.8 Å². The molecule has 4 aliphatic rings. The first-order valence-electron chi connectivity index (χ1n) is 28.0. The summed E-state index contributed by atoms with van der Waals surface area (Å²) in [6.07, 6.45) is -3.12. The fraction of sp³-hybridized carbons (Fsp3) is 0.361. The molecule has 0 aliphatic carbocycles. The molecule has 17 nitrogen and oxygen atoms in total. The van der Waals surface area contributed by atoms with E-state index in [-0.39, 0.29) is 98.0 Å². The van der Waals surface area contributed by atoms with Crippen LogP contribution in [0.25, 0.3) is 54.5 Å². The van der Waals surface area contributed by atoms with Gasteiger partial charge in [-0.2, -0.15) is 28.4 Å². The lowest BCUT2D eigenvalue weighted by molar-refractivity contribution is -0.142. The summed E-state index contributed by atoms with van der Waals surface area (Å²) in [6, 6.07) is 16.3. The summed E-state index contributed by atoms with van der Waals surface area (Å²) in [5.41, 5.74) is 5.96. The van der Waals surface area contributed by atoms with E-state index in [4.69, 9.17) is 29.9 Å². The largest absolute Gasteiger partial charge is 0.486 e. The number of thiophene rings is 1. The smallest absolute Gasteiger partial charge is 0.417 e. The zero-order valence-electron chi connectivity index (χ0n) is 46.5. The standard InChI is InChI=1S/C61H56F7N11O6S/c1-29(2)53(59(82)78-26-38(80)21-48(78)58(81)72-30(3)32-8-10-34(11-9-32)49-45(64)18-35(62)19-46(49)65)79-27-47(75-76-79)33-6-4-31(5-7-33)28-84-54-51(40-12-13-44(63)55-50(40)42(23-69)56(70)86-55)43(61(66,67)68)22-41-52(54)73-60(85-39-14-16-83-17-15-39)74-57(41)77-25-36-20-37(77)24-71-36/h4-13,18-19,22,27,29-30,36-39,48,53,71,80H,14-17,20-21,24-26,28,70H2,1-3H3,(H,72,81)/t30-,36-,37-,38+,48-,53-/m0/s1. The topological polar surface area (TPSA) is 219 Å². The number of carbonyl (C=O) groups excluding carboxylic acids is 2. The van der Waals surface area contributed by atoms with Crippen LogP contribution in [0.15, 0.2) is 85.1 Å². The number of nitriles is 1. The first-order valence-corrected chi connectivity index (χ1v) is 28.8. The van der Waals surface area contributed by atoms with Crippen molar-refractivity contribution in [3.63, 3.8) is 0 Å². The molecule has 0 unspecified atom stereocenters. The van der Waals surface area contributed by atoms with Crippen molar-refractivity contribution >= 4 is 55.0 Å². The first-order chi connectivity index (χ1) is 41.2. The number of piperazine rings is 1. The molecule has 86 heavy (non-hydrogen) atoms. The van der Waals surface area contributed by atoms with Crippen LogP contribution in [0.1, 0.15) is 80.8 Å². The lowest BCUT2D eigenvalue weighted by Crippen LogP contribution is -2.49. The zero-order chi connectivity index (χ0) is 60.5. The van der Waals surface area contributed by atoms with Gasteiger partial charge in [-0.3, -0.25) is 9.59 Å². The fourth-order valence-corrected chi connectivity index (χ4v) is 13.1. The van der Waals surface area contributed by atoms with Crippen LogP contribution in [-0.2, 0) is 27.1 Å². The van der Waals surface area contributed by atoms with Crippen LogP contribution in [0.3, 0.4) is 0 Å². The fourth-order valence-electron chi connectivity index (χ4n) is 12.2. The molecule has 2 bridgehead atoms. The van der Waals surface area contributed by atoms with Crippen molar-refractivity contribution in [2.24, 2.45) is 5.92 Å². The van der Waals surface area contributed by atoms with Gasteiger partial charge in [0.05, 0.1) is 52.9 Å². The van der Waals surface area contributed by atoms with E-state index in [2.05, 4.69) is 20.9 Å². The number of likely N-dealkylation sites (tertiary alicyclic amines) is 1. The number of hydrogen-bond acceptors (Lipinski definition) is 15. The summed E-state index contributed by atoms with van der Waals surface area (Å²) in [5, 5.41) is 36.1. The molecule has 25 heteroatoms. The van der Waals surface area contributed by atoms with Crippen molar-refractivity contribution in [1.29, 1.82) is 5.26 Å². The molecule has 3 aromatic heterocycles. The number of amides is 2. The molecule has 0 radical (unpaired) electrons. The Balaban J connectivity index is 0.834. The number of aromatic nitrogens is 5. The summed E-state index contributed by atoms with van der Waals surface area (Å²) in [4.78, 5) is 41.4. The highest BCUT2D eigenvalue weighted by Crippen LogP contribution is 2.52. The number of anilines is 2. The van der Waals surface area contributed by atoms with E-state index in [9.17, 15) is 33.1 Å². The molecule has 12 rings (SSSR count). The summed E-state index contributed by atoms with van der Waals surface area (Å²) in [7, 11) is 0. The molecule has 7 heterocycles. The number of alkyl halides is 3. The third-order valence-corrected chi connectivity index (χ3v) is 17.4. The summed E-state index contributed by atoms with van der Waals surface area (Å²) in [5.74, 6) is -5.50. The van der Waals surface area contributed by atoms with E-state index in [1.807, 2.05) is 11.0 Å². The predicted molar refractivity (Wildman–Crippen MR) is 305 cm³/mol. The van der Waals surface area contributed by atoms with Crippen molar-refractivity contribution < 1.29 is 59.6 Å². The van der Waals surface area contributed by atoms with Crippen LogP contribution < -0.4 is 30.7 Å². The second kappa shape index (κ2) is 23.1. The van der Waals surface area contributed by atoms with Crippen LogP contribution in [0.5, 0.6) is 11.8 Å². The molecule has 5 N–H and O–H groups in total. The second-order valence-electron chi connectivity index (χ2n) is 22.4. The Morgan fingerprint density at radius 2 is 1.65 bits per heavy atom. The molecule has 0 spiro atoms. The predicted octanol–water partition coefficient (Wildman–Crippen LogP) is 10.2. The number of benzene rings is 5. The van der Waals surface area contributed by atoms with E-state index in [1.165, 1.54) is 27.8 Å². The minimum atomic E-state index is -5.04. The number of rotatable bonds is 15. The highest BCUT2D eigenvalue weighted by Gasteiger charge is 2.45. The molecule has 2 amide bonds. The Bertz CT molecular complexity index is 3960. The minimum absolute atomic E-state index is 0.00656. The van der Waals surface area contributed by atoms with Crippen LogP contribution >= 0.6 is 11.3 Å². The molecule has 4 fully saturated rings. The highest BCUT2D eigenvalue weighted by molar-refractivity contribution is 7.23. The van der Waals surface area contributed by atoms with Gasteiger partial charge < -0.3 is 45.5 Å². The molecule has 446 valence electrons. The summed E-state index contributed by atoms with van der Waals surface area (Å²) < 4.78 is 126. The van der Waals surface area contributed by atoms with Gasteiger partial charge in [-0.25, -0.2) is 22.2 Å². The van der Waals surface area contributed by atoms with Gasteiger partial charge in [0.1, 0.15) is 76.2 Å². The number of nitrogens with zero attached hydrogens (tertiary/aromatic N) is 8. The number of aliphatic hydroxyl groups is 1. The third kappa shape index (κ3) is 11.0. The number of carbonyl (C=O) groups is 2. The summed E-state index contributed by atoms with van der Waals surface area (Å²) in [6.45, 7) is 6.71. The molecule has 6 atom stereocenters. The maximum absolute atomic E-state index is 16.0. The number of nitrogens with two attached hydrogens (primary N) is 1. The number of halogens is 7. The minimum Gasteiger partial charge on any atom is -0.486 e. The first kappa shape index (κ1) is 58.0. The molecular weight excluding hydrogens is 1150 g/mol. The lowest BCUT2D eigenvalue weighted by Gasteiger charge is -2.31. The Labute approximate surface area is 491 Å². The molecule has 8 aromatic rings. The summed E-state index contributed by atoms with van der Waals surface area (Å²) >= 11 is 0.749. The van der Waals surface area contributed by atoms with Crippen LogP contribution in [0.4, 0.5) is 41.6 Å². The van der Waals surface area contributed by atoms with E-state index in [1.54, 1.807) is 63.4 Å². The quantitative estimate of drug-likeness (QED) is 0.0702. The van der Waals surface area contributed by atoms with Crippen LogP contribution in [0, 0.1) is 40.5 Å². The maximum Gasteiger partial charge on any atom is 0.417 e. The van der Waals surface area contributed by atoms with Gasteiger partial charge in [-0.05, 0) is 53.6 Å². The number of nitrogens with one attached hydrogen (secondary N) is 2. The van der Waals surface area contributed by atoms with Gasteiger partial charge in [0.15, 0.2) is 5.75 Å². The normalized spacial score (nSPS) is 19.6. The maximum atomic E-state index is 16.0. The second-order valence-corrected chi connectivity index (χ2v) is 23.5.